The summed E-state index contributed by atoms with van der Waals surface area (Å²) in [7, 11) is 3.82. The van der Waals surface area contributed by atoms with Crippen LogP contribution < -0.4 is 4.90 Å². The van der Waals surface area contributed by atoms with E-state index in [9.17, 15) is 4.39 Å². The third-order valence-electron chi connectivity index (χ3n) is 3.70. The minimum atomic E-state index is -0.291. The summed E-state index contributed by atoms with van der Waals surface area (Å²) in [5, 5.41) is 4.89. The Balaban J connectivity index is 2.05. The molecule has 0 amide bonds. The molecule has 0 saturated carbocycles. The molecule has 0 N–H and O–H groups in total. The summed E-state index contributed by atoms with van der Waals surface area (Å²) < 4.78 is 15.3. The number of halogens is 1. The molecule has 2 heterocycles. The van der Waals surface area contributed by atoms with Crippen LogP contribution in [0.25, 0.3) is 10.9 Å². The number of benzene rings is 1. The van der Waals surface area contributed by atoms with Crippen molar-refractivity contribution in [1.82, 2.24) is 19.7 Å². The minimum Gasteiger partial charge on any atom is -0.352 e. The van der Waals surface area contributed by atoms with Gasteiger partial charge in [0.2, 0.25) is 0 Å². The van der Waals surface area contributed by atoms with Gasteiger partial charge in [0.15, 0.2) is 0 Å². The summed E-state index contributed by atoms with van der Waals surface area (Å²) in [5.74, 6) is 0.414. The van der Waals surface area contributed by atoms with Crippen LogP contribution in [-0.4, -0.2) is 26.8 Å². The predicted octanol–water partition coefficient (Wildman–Crippen LogP) is 2.70. The maximum Gasteiger partial charge on any atom is 0.140 e. The van der Waals surface area contributed by atoms with Crippen molar-refractivity contribution in [1.29, 1.82) is 0 Å². The van der Waals surface area contributed by atoms with Crippen LogP contribution in [0.3, 0.4) is 0 Å². The molecule has 0 spiro atoms. The fourth-order valence-corrected chi connectivity index (χ4v) is 2.36. The normalized spacial score (nSPS) is 12.6. The number of aromatic nitrogens is 4. The summed E-state index contributed by atoms with van der Waals surface area (Å²) in [5.41, 5.74) is 1.80. The van der Waals surface area contributed by atoms with Crippen molar-refractivity contribution < 1.29 is 4.39 Å². The minimum absolute atomic E-state index is 0.0695. The standard InChI is InChI=1S/C15H16FN5/c1-10(11-7-19-20(2)8-11)21(3)15-13-6-12(16)4-5-14(13)17-9-18-15/h4-10H,1-3H3. The quantitative estimate of drug-likeness (QED) is 0.742. The first-order chi connectivity index (χ1) is 10.1. The van der Waals surface area contributed by atoms with Crippen molar-refractivity contribution >= 4 is 16.7 Å². The molecule has 3 rings (SSSR count). The molecule has 0 bridgehead atoms. The highest BCUT2D eigenvalue weighted by Gasteiger charge is 2.17. The van der Waals surface area contributed by atoms with Crippen LogP contribution in [0.15, 0.2) is 36.9 Å². The lowest BCUT2D eigenvalue weighted by molar-refractivity contribution is 0.629. The van der Waals surface area contributed by atoms with Crippen molar-refractivity contribution in [3.63, 3.8) is 0 Å². The smallest absolute Gasteiger partial charge is 0.140 e. The Kier molecular flexibility index (Phi) is 3.29. The Bertz CT molecular complexity index is 783. The maximum atomic E-state index is 13.5. The summed E-state index contributed by atoms with van der Waals surface area (Å²) >= 11 is 0. The van der Waals surface area contributed by atoms with Gasteiger partial charge in [-0.1, -0.05) is 0 Å². The highest BCUT2D eigenvalue weighted by atomic mass is 19.1. The van der Waals surface area contributed by atoms with E-state index in [-0.39, 0.29) is 11.9 Å². The Hall–Kier alpha value is -2.50. The lowest BCUT2D eigenvalue weighted by atomic mass is 10.1. The highest BCUT2D eigenvalue weighted by molar-refractivity contribution is 5.89. The molecule has 0 aliphatic carbocycles. The van der Waals surface area contributed by atoms with Gasteiger partial charge >= 0.3 is 0 Å². The van der Waals surface area contributed by atoms with Crippen LogP contribution >= 0.6 is 0 Å². The SMILES string of the molecule is CC(c1cnn(C)c1)N(C)c1ncnc2ccc(F)cc12. The first-order valence-corrected chi connectivity index (χ1v) is 6.68. The molecule has 0 radical (unpaired) electrons. The van der Waals surface area contributed by atoms with Crippen molar-refractivity contribution in [2.75, 3.05) is 11.9 Å². The lowest BCUT2D eigenvalue weighted by Gasteiger charge is -2.26. The highest BCUT2D eigenvalue weighted by Crippen LogP contribution is 2.29. The second-order valence-electron chi connectivity index (χ2n) is 5.09. The lowest BCUT2D eigenvalue weighted by Crippen LogP contribution is -2.22. The van der Waals surface area contributed by atoms with Gasteiger partial charge in [-0.2, -0.15) is 5.10 Å². The number of aryl methyl sites for hydroxylation is 1. The van der Waals surface area contributed by atoms with Crippen LogP contribution in [0.4, 0.5) is 10.2 Å². The molecular formula is C15H16FN5. The topological polar surface area (TPSA) is 46.8 Å². The van der Waals surface area contributed by atoms with E-state index in [0.717, 1.165) is 11.1 Å². The molecule has 1 unspecified atom stereocenters. The number of hydrogen-bond donors (Lipinski definition) is 0. The molecule has 6 heteroatoms. The van der Waals surface area contributed by atoms with Gasteiger partial charge in [0.05, 0.1) is 17.8 Å². The summed E-state index contributed by atoms with van der Waals surface area (Å²) in [6, 6.07) is 4.61. The second kappa shape index (κ2) is 5.12. The molecule has 5 nitrogen and oxygen atoms in total. The van der Waals surface area contributed by atoms with Gasteiger partial charge < -0.3 is 4.90 Å². The van der Waals surface area contributed by atoms with Crippen molar-refractivity contribution in [3.8, 4) is 0 Å². The first-order valence-electron chi connectivity index (χ1n) is 6.68. The number of fused-ring (bicyclic) bond motifs is 1. The average Bonchev–Trinajstić information content (AvgIpc) is 2.91. The van der Waals surface area contributed by atoms with Gasteiger partial charge in [-0.05, 0) is 25.1 Å². The van der Waals surface area contributed by atoms with E-state index in [2.05, 4.69) is 22.0 Å². The third kappa shape index (κ3) is 2.44. The molecule has 0 fully saturated rings. The van der Waals surface area contributed by atoms with E-state index in [0.29, 0.717) is 11.2 Å². The van der Waals surface area contributed by atoms with Gasteiger partial charge in [-0.25, -0.2) is 14.4 Å². The molecule has 1 atom stereocenters. The summed E-state index contributed by atoms with van der Waals surface area (Å²) in [6.45, 7) is 2.06. The van der Waals surface area contributed by atoms with Crippen LogP contribution in [0.5, 0.6) is 0 Å². The number of rotatable bonds is 3. The first kappa shape index (κ1) is 13.5. The van der Waals surface area contributed by atoms with Crippen LogP contribution in [0.1, 0.15) is 18.5 Å². The van der Waals surface area contributed by atoms with Gasteiger partial charge in [-0.15, -0.1) is 0 Å². The fourth-order valence-electron chi connectivity index (χ4n) is 2.36. The van der Waals surface area contributed by atoms with Crippen molar-refractivity contribution in [2.24, 2.45) is 7.05 Å². The summed E-state index contributed by atoms with van der Waals surface area (Å²) in [6.07, 6.45) is 5.29. The monoisotopic (exact) mass is 285 g/mol. The molecule has 0 aliphatic heterocycles. The van der Waals surface area contributed by atoms with E-state index < -0.39 is 0 Å². The van der Waals surface area contributed by atoms with Crippen LogP contribution in [0, 0.1) is 5.82 Å². The zero-order valence-electron chi connectivity index (χ0n) is 12.2. The van der Waals surface area contributed by atoms with Crippen LogP contribution in [0.2, 0.25) is 0 Å². The van der Waals surface area contributed by atoms with Gasteiger partial charge in [0, 0.05) is 31.2 Å². The van der Waals surface area contributed by atoms with E-state index in [1.807, 2.05) is 31.4 Å². The second-order valence-corrected chi connectivity index (χ2v) is 5.09. The molecule has 0 saturated heterocycles. The fraction of sp³-hybridized carbons (Fsp3) is 0.267. The average molecular weight is 285 g/mol. The molecule has 2 aromatic heterocycles. The van der Waals surface area contributed by atoms with Gasteiger partial charge in [-0.3, -0.25) is 4.68 Å². The Labute approximate surface area is 122 Å². The van der Waals surface area contributed by atoms with E-state index >= 15 is 0 Å². The predicted molar refractivity (Wildman–Crippen MR) is 79.5 cm³/mol. The van der Waals surface area contributed by atoms with Crippen molar-refractivity contribution in [2.45, 2.75) is 13.0 Å². The largest absolute Gasteiger partial charge is 0.352 e. The number of hydrogen-bond acceptors (Lipinski definition) is 4. The molecule has 108 valence electrons. The van der Waals surface area contributed by atoms with E-state index in [4.69, 9.17) is 0 Å². The summed E-state index contributed by atoms with van der Waals surface area (Å²) in [4.78, 5) is 10.5. The zero-order chi connectivity index (χ0) is 15.0. The van der Waals surface area contributed by atoms with Crippen LogP contribution in [-0.2, 0) is 7.05 Å². The molecule has 1 aromatic carbocycles. The maximum absolute atomic E-state index is 13.5. The number of nitrogens with zero attached hydrogens (tertiary/aromatic N) is 5. The van der Waals surface area contributed by atoms with E-state index in [1.165, 1.54) is 18.5 Å². The zero-order valence-corrected chi connectivity index (χ0v) is 12.2. The van der Waals surface area contributed by atoms with Crippen molar-refractivity contribution in [3.05, 3.63) is 48.3 Å². The Morgan fingerprint density at radius 1 is 1.29 bits per heavy atom. The Morgan fingerprint density at radius 3 is 2.81 bits per heavy atom. The molecule has 3 aromatic rings. The molecule has 21 heavy (non-hydrogen) atoms. The van der Waals surface area contributed by atoms with E-state index in [1.54, 1.807) is 10.7 Å². The molecule has 0 aliphatic rings. The van der Waals surface area contributed by atoms with Gasteiger partial charge in [0.1, 0.15) is 18.0 Å². The Morgan fingerprint density at radius 2 is 2.10 bits per heavy atom. The van der Waals surface area contributed by atoms with Gasteiger partial charge in [0.25, 0.3) is 0 Å². The third-order valence-corrected chi connectivity index (χ3v) is 3.70. The molecular weight excluding hydrogens is 269 g/mol. The number of anilines is 1.